The predicted octanol–water partition coefficient (Wildman–Crippen LogP) is 2.97. The third kappa shape index (κ3) is 3.71. The minimum Gasteiger partial charge on any atom is -0.445 e. The molecule has 1 saturated heterocycles. The van der Waals surface area contributed by atoms with E-state index < -0.39 is 0 Å². The van der Waals surface area contributed by atoms with E-state index in [1.807, 2.05) is 24.3 Å². The Balaban J connectivity index is 1.61. The highest BCUT2D eigenvalue weighted by atomic mass is 16.3. The number of nitrogens with zero attached hydrogens (tertiary/aromatic N) is 2. The Morgan fingerprint density at radius 1 is 1.43 bits per heavy atom. The van der Waals surface area contributed by atoms with Crippen molar-refractivity contribution in [3.8, 4) is 11.5 Å². The maximum atomic E-state index is 12.4. The van der Waals surface area contributed by atoms with Crippen molar-refractivity contribution >= 4 is 11.7 Å². The second-order valence-corrected chi connectivity index (χ2v) is 5.93. The molecule has 1 aromatic carbocycles. The molecule has 122 valence electrons. The predicted molar refractivity (Wildman–Crippen MR) is 86.9 cm³/mol. The van der Waals surface area contributed by atoms with Gasteiger partial charge in [-0.2, -0.15) is 0 Å². The molecular weight excluding hydrogens is 294 g/mol. The van der Waals surface area contributed by atoms with Gasteiger partial charge in [-0.25, -0.2) is 9.78 Å². The van der Waals surface area contributed by atoms with Gasteiger partial charge >= 0.3 is 6.03 Å². The molecule has 23 heavy (non-hydrogen) atoms. The summed E-state index contributed by atoms with van der Waals surface area (Å²) >= 11 is 0. The first kappa shape index (κ1) is 15.6. The number of hydrogen-bond acceptors (Lipinski definition) is 4. The minimum absolute atomic E-state index is 0.126. The SMILES string of the molecule is CC(O)C1CCCN(C(=O)Nc2ccc(-c3ncco3)cc2)C1. The van der Waals surface area contributed by atoms with Gasteiger partial charge in [0.1, 0.15) is 6.26 Å². The van der Waals surface area contributed by atoms with E-state index in [0.29, 0.717) is 12.4 Å². The molecule has 0 bridgehead atoms. The highest BCUT2D eigenvalue weighted by molar-refractivity contribution is 5.89. The monoisotopic (exact) mass is 315 g/mol. The van der Waals surface area contributed by atoms with E-state index in [1.54, 1.807) is 18.0 Å². The van der Waals surface area contributed by atoms with Crippen LogP contribution in [0.5, 0.6) is 0 Å². The smallest absolute Gasteiger partial charge is 0.321 e. The third-order valence-corrected chi connectivity index (χ3v) is 4.24. The van der Waals surface area contributed by atoms with Crippen molar-refractivity contribution in [2.75, 3.05) is 18.4 Å². The summed E-state index contributed by atoms with van der Waals surface area (Å²) < 4.78 is 5.24. The Bertz CT molecular complexity index is 638. The standard InChI is InChI=1S/C17H21N3O3/c1-12(21)14-3-2-9-20(11-14)17(22)19-15-6-4-13(5-7-15)16-18-8-10-23-16/h4-8,10,12,14,21H,2-3,9,11H2,1H3,(H,19,22). The summed E-state index contributed by atoms with van der Waals surface area (Å²) in [5, 5.41) is 12.6. The first-order chi connectivity index (χ1) is 11.1. The topological polar surface area (TPSA) is 78.6 Å². The number of piperidine rings is 1. The summed E-state index contributed by atoms with van der Waals surface area (Å²) in [6.07, 6.45) is 4.63. The van der Waals surface area contributed by atoms with Gasteiger partial charge in [-0.15, -0.1) is 0 Å². The molecule has 2 unspecified atom stereocenters. The molecule has 1 aromatic heterocycles. The van der Waals surface area contributed by atoms with Crippen LogP contribution in [-0.4, -0.2) is 40.2 Å². The third-order valence-electron chi connectivity index (χ3n) is 4.24. The van der Waals surface area contributed by atoms with Crippen LogP contribution in [0.15, 0.2) is 41.1 Å². The lowest BCUT2D eigenvalue weighted by atomic mass is 9.94. The molecule has 0 spiro atoms. The summed E-state index contributed by atoms with van der Waals surface area (Å²) in [6.45, 7) is 3.11. The first-order valence-electron chi connectivity index (χ1n) is 7.87. The van der Waals surface area contributed by atoms with Gasteiger partial charge in [0.25, 0.3) is 0 Å². The van der Waals surface area contributed by atoms with Gasteiger partial charge in [-0.1, -0.05) is 0 Å². The molecule has 2 N–H and O–H groups in total. The largest absolute Gasteiger partial charge is 0.445 e. The summed E-state index contributed by atoms with van der Waals surface area (Å²) in [5.41, 5.74) is 1.59. The van der Waals surface area contributed by atoms with Crippen LogP contribution in [0.2, 0.25) is 0 Å². The normalized spacial score (nSPS) is 19.4. The van der Waals surface area contributed by atoms with Crippen LogP contribution >= 0.6 is 0 Å². The van der Waals surface area contributed by atoms with E-state index in [2.05, 4.69) is 10.3 Å². The molecule has 0 radical (unpaired) electrons. The van der Waals surface area contributed by atoms with Gasteiger partial charge in [-0.05, 0) is 44.0 Å². The van der Waals surface area contributed by atoms with E-state index >= 15 is 0 Å². The minimum atomic E-state index is -0.384. The number of anilines is 1. The van der Waals surface area contributed by atoms with Crippen molar-refractivity contribution in [1.29, 1.82) is 0 Å². The van der Waals surface area contributed by atoms with E-state index in [-0.39, 0.29) is 18.1 Å². The second-order valence-electron chi connectivity index (χ2n) is 5.93. The van der Waals surface area contributed by atoms with Crippen LogP contribution in [0, 0.1) is 5.92 Å². The van der Waals surface area contributed by atoms with Gasteiger partial charge < -0.3 is 19.7 Å². The molecule has 2 amide bonds. The van der Waals surface area contributed by atoms with Crippen molar-refractivity contribution in [3.63, 3.8) is 0 Å². The first-order valence-corrected chi connectivity index (χ1v) is 7.87. The lowest BCUT2D eigenvalue weighted by Crippen LogP contribution is -2.44. The van der Waals surface area contributed by atoms with Crippen LogP contribution in [0.1, 0.15) is 19.8 Å². The van der Waals surface area contributed by atoms with E-state index in [1.165, 1.54) is 6.26 Å². The average molecular weight is 315 g/mol. The molecule has 0 aliphatic carbocycles. The maximum absolute atomic E-state index is 12.4. The van der Waals surface area contributed by atoms with Crippen molar-refractivity contribution in [1.82, 2.24) is 9.88 Å². The van der Waals surface area contributed by atoms with Crippen molar-refractivity contribution in [3.05, 3.63) is 36.7 Å². The summed E-state index contributed by atoms with van der Waals surface area (Å²) in [7, 11) is 0. The summed E-state index contributed by atoms with van der Waals surface area (Å²) in [5.74, 6) is 0.709. The van der Waals surface area contributed by atoms with Crippen LogP contribution < -0.4 is 5.32 Å². The average Bonchev–Trinajstić information content (AvgIpc) is 3.10. The van der Waals surface area contributed by atoms with Crippen LogP contribution in [-0.2, 0) is 0 Å². The number of benzene rings is 1. The van der Waals surface area contributed by atoms with Crippen molar-refractivity contribution in [2.24, 2.45) is 5.92 Å². The van der Waals surface area contributed by atoms with Gasteiger partial charge in [0, 0.05) is 30.3 Å². The van der Waals surface area contributed by atoms with Crippen molar-refractivity contribution < 1.29 is 14.3 Å². The number of carbonyl (C=O) groups excluding carboxylic acids is 1. The van der Waals surface area contributed by atoms with Crippen LogP contribution in [0.25, 0.3) is 11.5 Å². The fourth-order valence-corrected chi connectivity index (χ4v) is 2.85. The highest BCUT2D eigenvalue weighted by Gasteiger charge is 2.26. The summed E-state index contributed by atoms with van der Waals surface area (Å²) in [6, 6.07) is 7.24. The van der Waals surface area contributed by atoms with E-state index in [4.69, 9.17) is 4.42 Å². The molecule has 2 heterocycles. The quantitative estimate of drug-likeness (QED) is 0.912. The fourth-order valence-electron chi connectivity index (χ4n) is 2.85. The van der Waals surface area contributed by atoms with Gasteiger partial charge in [-0.3, -0.25) is 0 Å². The second kappa shape index (κ2) is 6.83. The fraction of sp³-hybridized carbons (Fsp3) is 0.412. The molecular formula is C17H21N3O3. The van der Waals surface area contributed by atoms with E-state index in [9.17, 15) is 9.90 Å². The molecule has 6 nitrogen and oxygen atoms in total. The Kier molecular flexibility index (Phi) is 4.62. The number of oxazole rings is 1. The number of hydrogen-bond donors (Lipinski definition) is 2. The number of aliphatic hydroxyl groups is 1. The molecule has 3 rings (SSSR count). The molecule has 6 heteroatoms. The number of urea groups is 1. The Morgan fingerprint density at radius 2 is 2.22 bits per heavy atom. The molecule has 1 aliphatic rings. The molecule has 1 aliphatic heterocycles. The zero-order valence-electron chi connectivity index (χ0n) is 13.1. The van der Waals surface area contributed by atoms with Gasteiger partial charge in [0.05, 0.1) is 12.3 Å². The maximum Gasteiger partial charge on any atom is 0.321 e. The number of nitrogens with one attached hydrogen (secondary N) is 1. The van der Waals surface area contributed by atoms with Gasteiger partial charge in [0.15, 0.2) is 0 Å². The number of carbonyl (C=O) groups is 1. The summed E-state index contributed by atoms with van der Waals surface area (Å²) in [4.78, 5) is 18.2. The van der Waals surface area contributed by atoms with Crippen LogP contribution in [0.3, 0.4) is 0 Å². The van der Waals surface area contributed by atoms with E-state index in [0.717, 1.165) is 30.6 Å². The Labute approximate surface area is 135 Å². The highest BCUT2D eigenvalue weighted by Crippen LogP contribution is 2.22. The number of aliphatic hydroxyl groups excluding tert-OH is 1. The number of aromatic nitrogens is 1. The number of amides is 2. The lowest BCUT2D eigenvalue weighted by Gasteiger charge is -2.34. The molecule has 2 atom stereocenters. The molecule has 1 fully saturated rings. The molecule has 2 aromatic rings. The Morgan fingerprint density at radius 3 is 2.87 bits per heavy atom. The number of rotatable bonds is 3. The van der Waals surface area contributed by atoms with Crippen molar-refractivity contribution in [2.45, 2.75) is 25.9 Å². The van der Waals surface area contributed by atoms with Gasteiger partial charge in [0.2, 0.25) is 5.89 Å². The lowest BCUT2D eigenvalue weighted by molar-refractivity contribution is 0.0766. The number of likely N-dealkylation sites (tertiary alicyclic amines) is 1. The zero-order valence-corrected chi connectivity index (χ0v) is 13.1. The zero-order chi connectivity index (χ0) is 16.2. The molecule has 0 saturated carbocycles. The van der Waals surface area contributed by atoms with Crippen LogP contribution in [0.4, 0.5) is 10.5 Å². The Hall–Kier alpha value is -2.34.